The number of fused-ring (bicyclic) bond motifs is 1. The molecule has 0 aromatic heterocycles. The van der Waals surface area contributed by atoms with Crippen molar-refractivity contribution in [2.75, 3.05) is 0 Å². The Hall–Kier alpha value is -2.09. The third-order valence-electron chi connectivity index (χ3n) is 4.71. The Morgan fingerprint density at radius 2 is 1.64 bits per heavy atom. The normalized spacial score (nSPS) is 20.7. The van der Waals surface area contributed by atoms with Gasteiger partial charge in [-0.1, -0.05) is 62.7 Å². The second-order valence-electron chi connectivity index (χ2n) is 7.20. The van der Waals surface area contributed by atoms with Crippen molar-refractivity contribution < 1.29 is 9.53 Å². The number of carbonyl (C=O) groups is 1. The summed E-state index contributed by atoms with van der Waals surface area (Å²) in [5.41, 5.74) is 3.28. The Labute approximate surface area is 132 Å². The van der Waals surface area contributed by atoms with Crippen LogP contribution in [0.1, 0.15) is 43.0 Å². The van der Waals surface area contributed by atoms with Crippen molar-refractivity contribution >= 4 is 5.97 Å². The van der Waals surface area contributed by atoms with E-state index in [4.69, 9.17) is 4.74 Å². The number of rotatable bonds is 1. The van der Waals surface area contributed by atoms with Crippen molar-refractivity contribution in [1.82, 2.24) is 0 Å². The van der Waals surface area contributed by atoms with Crippen LogP contribution < -0.4 is 4.74 Å². The van der Waals surface area contributed by atoms with Crippen molar-refractivity contribution in [3.8, 4) is 5.75 Å². The lowest BCUT2D eigenvalue weighted by Gasteiger charge is -2.40. The minimum absolute atomic E-state index is 0.173. The first-order valence-electron chi connectivity index (χ1n) is 7.68. The maximum absolute atomic E-state index is 13.0. The zero-order valence-corrected chi connectivity index (χ0v) is 13.9. The van der Waals surface area contributed by atoms with Gasteiger partial charge in [-0.05, 0) is 36.5 Å². The van der Waals surface area contributed by atoms with E-state index in [1.54, 1.807) is 0 Å². The topological polar surface area (TPSA) is 26.3 Å². The Kier molecular flexibility index (Phi) is 3.17. The van der Waals surface area contributed by atoms with Crippen LogP contribution in [0.25, 0.3) is 0 Å². The van der Waals surface area contributed by atoms with E-state index in [0.29, 0.717) is 5.75 Å². The minimum atomic E-state index is -0.763. The lowest BCUT2D eigenvalue weighted by molar-refractivity contribution is -0.140. The number of aryl methyl sites for hydroxylation is 2. The van der Waals surface area contributed by atoms with Crippen molar-refractivity contribution in [3.05, 3.63) is 64.7 Å². The molecule has 2 aromatic rings. The van der Waals surface area contributed by atoms with Crippen LogP contribution in [0.4, 0.5) is 0 Å². The lowest BCUT2D eigenvalue weighted by Crippen LogP contribution is -2.47. The fourth-order valence-electron chi connectivity index (χ4n) is 3.76. The Balaban J connectivity index is 2.40. The first kappa shape index (κ1) is 14.8. The molecule has 2 heteroatoms. The van der Waals surface area contributed by atoms with Crippen LogP contribution in [0.2, 0.25) is 0 Å². The van der Waals surface area contributed by atoms with Gasteiger partial charge in [0, 0.05) is 5.56 Å². The quantitative estimate of drug-likeness (QED) is 0.569. The van der Waals surface area contributed by atoms with E-state index in [1.807, 2.05) is 24.3 Å². The number of para-hydroxylation sites is 1. The van der Waals surface area contributed by atoms with Crippen LogP contribution in [0.3, 0.4) is 0 Å². The molecule has 0 N–H and O–H groups in total. The fraction of sp³-hybridized carbons (Fsp3) is 0.350. The average molecular weight is 294 g/mol. The van der Waals surface area contributed by atoms with E-state index >= 15 is 0 Å². The summed E-state index contributed by atoms with van der Waals surface area (Å²) in [6.07, 6.45) is 0. The monoisotopic (exact) mass is 294 g/mol. The highest BCUT2D eigenvalue weighted by Crippen LogP contribution is 2.55. The highest BCUT2D eigenvalue weighted by molar-refractivity contribution is 5.95. The number of ether oxygens (including phenoxy) is 1. The van der Waals surface area contributed by atoms with Crippen LogP contribution in [0.5, 0.6) is 5.75 Å². The molecule has 2 nitrogen and oxygen atoms in total. The molecule has 0 bridgehead atoms. The number of carbonyl (C=O) groups excluding carboxylic acids is 1. The number of hydrogen-bond donors (Lipinski definition) is 0. The molecule has 0 fully saturated rings. The summed E-state index contributed by atoms with van der Waals surface area (Å²) in [5, 5.41) is 0. The van der Waals surface area contributed by atoms with Gasteiger partial charge in [-0.25, -0.2) is 0 Å². The summed E-state index contributed by atoms with van der Waals surface area (Å²) in [6.45, 7) is 10.5. The van der Waals surface area contributed by atoms with Gasteiger partial charge in [-0.2, -0.15) is 0 Å². The third kappa shape index (κ3) is 1.83. The first-order valence-corrected chi connectivity index (χ1v) is 7.68. The predicted molar refractivity (Wildman–Crippen MR) is 88.2 cm³/mol. The van der Waals surface area contributed by atoms with Gasteiger partial charge in [0.15, 0.2) is 0 Å². The fourth-order valence-corrected chi connectivity index (χ4v) is 3.76. The van der Waals surface area contributed by atoms with E-state index in [1.165, 1.54) is 5.56 Å². The van der Waals surface area contributed by atoms with Crippen LogP contribution >= 0.6 is 0 Å². The molecule has 1 heterocycles. The Bertz CT molecular complexity index is 753. The maximum atomic E-state index is 13.0. The lowest BCUT2D eigenvalue weighted by atomic mass is 9.59. The van der Waals surface area contributed by atoms with Crippen molar-refractivity contribution in [3.63, 3.8) is 0 Å². The predicted octanol–water partition coefficient (Wildman–Crippen LogP) is 4.55. The summed E-state index contributed by atoms with van der Waals surface area (Å²) in [5.74, 6) is 0.510. The molecule has 0 spiro atoms. The highest BCUT2D eigenvalue weighted by Gasteiger charge is 2.58. The van der Waals surface area contributed by atoms with Crippen LogP contribution in [-0.2, 0) is 10.2 Å². The van der Waals surface area contributed by atoms with Crippen molar-refractivity contribution in [2.24, 2.45) is 5.41 Å². The van der Waals surface area contributed by atoms with E-state index in [2.05, 4.69) is 52.8 Å². The zero-order chi connectivity index (χ0) is 16.1. The highest BCUT2D eigenvalue weighted by atomic mass is 16.5. The van der Waals surface area contributed by atoms with Gasteiger partial charge < -0.3 is 4.74 Å². The molecule has 0 saturated heterocycles. The molecule has 1 aliphatic rings. The molecular formula is C20H22O2. The molecule has 0 saturated carbocycles. The number of hydrogen-bond acceptors (Lipinski definition) is 2. The summed E-state index contributed by atoms with van der Waals surface area (Å²) < 4.78 is 5.65. The van der Waals surface area contributed by atoms with Crippen molar-refractivity contribution in [2.45, 2.75) is 40.0 Å². The van der Waals surface area contributed by atoms with Gasteiger partial charge >= 0.3 is 5.97 Å². The molecule has 1 aliphatic heterocycles. The summed E-state index contributed by atoms with van der Waals surface area (Å²) in [6, 6.07) is 14.1. The van der Waals surface area contributed by atoms with Crippen LogP contribution in [0, 0.1) is 19.3 Å². The van der Waals surface area contributed by atoms with Gasteiger partial charge in [-0.3, -0.25) is 4.79 Å². The number of esters is 1. The average Bonchev–Trinajstić information content (AvgIpc) is 2.71. The Morgan fingerprint density at radius 3 is 2.27 bits per heavy atom. The largest absolute Gasteiger partial charge is 0.425 e. The van der Waals surface area contributed by atoms with Crippen LogP contribution in [-0.4, -0.2) is 5.97 Å². The molecular weight excluding hydrogens is 272 g/mol. The molecule has 22 heavy (non-hydrogen) atoms. The van der Waals surface area contributed by atoms with Gasteiger partial charge in [0.05, 0.1) is 0 Å². The number of benzene rings is 2. The SMILES string of the molecule is Cc1ccc(C2(C(C)(C)C)C(=O)Oc3ccccc32)c(C)c1. The van der Waals surface area contributed by atoms with E-state index in [0.717, 1.165) is 16.7 Å². The van der Waals surface area contributed by atoms with Gasteiger partial charge in [0.2, 0.25) is 0 Å². The van der Waals surface area contributed by atoms with E-state index in [-0.39, 0.29) is 11.4 Å². The summed E-state index contributed by atoms with van der Waals surface area (Å²) >= 11 is 0. The first-order chi connectivity index (χ1) is 10.3. The molecule has 0 radical (unpaired) electrons. The molecule has 1 atom stereocenters. The molecule has 0 aliphatic carbocycles. The van der Waals surface area contributed by atoms with E-state index < -0.39 is 5.41 Å². The zero-order valence-electron chi connectivity index (χ0n) is 13.9. The molecule has 3 rings (SSSR count). The van der Waals surface area contributed by atoms with E-state index in [9.17, 15) is 4.79 Å². The molecule has 2 aromatic carbocycles. The van der Waals surface area contributed by atoms with Gasteiger partial charge in [-0.15, -0.1) is 0 Å². The summed E-state index contributed by atoms with van der Waals surface area (Å²) in [4.78, 5) is 13.0. The second-order valence-corrected chi connectivity index (χ2v) is 7.20. The third-order valence-corrected chi connectivity index (χ3v) is 4.71. The molecule has 0 amide bonds. The Morgan fingerprint density at radius 1 is 0.955 bits per heavy atom. The smallest absolute Gasteiger partial charge is 0.327 e. The molecule has 114 valence electrons. The summed E-state index contributed by atoms with van der Waals surface area (Å²) in [7, 11) is 0. The minimum Gasteiger partial charge on any atom is -0.425 e. The van der Waals surface area contributed by atoms with Crippen LogP contribution in [0.15, 0.2) is 42.5 Å². The van der Waals surface area contributed by atoms with Crippen molar-refractivity contribution in [1.29, 1.82) is 0 Å². The van der Waals surface area contributed by atoms with Gasteiger partial charge in [0.25, 0.3) is 0 Å². The van der Waals surface area contributed by atoms with Gasteiger partial charge in [0.1, 0.15) is 11.2 Å². The molecule has 1 unspecified atom stereocenters. The standard InChI is InChI=1S/C20H22O2/c1-13-10-11-15(14(2)12-13)20(19(3,4)5)16-8-6-7-9-17(16)22-18(20)21/h6-12H,1-5H3. The second kappa shape index (κ2) is 4.70. The maximum Gasteiger partial charge on any atom is 0.327 e.